The molecule has 41 heavy (non-hydrogen) atoms. The zero-order chi connectivity index (χ0) is 29.6. The second kappa shape index (κ2) is 13.3. The van der Waals surface area contributed by atoms with E-state index in [2.05, 4.69) is 21.4 Å². The van der Waals surface area contributed by atoms with Gasteiger partial charge >= 0.3 is 0 Å². The monoisotopic (exact) mass is 587 g/mol. The van der Waals surface area contributed by atoms with Crippen molar-refractivity contribution in [3.63, 3.8) is 0 Å². The Morgan fingerprint density at radius 3 is 2.39 bits per heavy atom. The molecule has 0 radical (unpaired) electrons. The molecule has 0 bridgehead atoms. The molecule has 0 aliphatic carbocycles. The van der Waals surface area contributed by atoms with Gasteiger partial charge in [-0.05, 0) is 79.4 Å². The maximum atomic E-state index is 14.0. The van der Waals surface area contributed by atoms with E-state index in [-0.39, 0.29) is 28.7 Å². The number of oxime groups is 1. The van der Waals surface area contributed by atoms with E-state index < -0.39 is 28.1 Å². The lowest BCUT2D eigenvalue weighted by Gasteiger charge is -2.32. The zero-order valence-corrected chi connectivity index (χ0v) is 23.7. The molecule has 0 unspecified atom stereocenters. The van der Waals surface area contributed by atoms with Crippen molar-refractivity contribution in [3.05, 3.63) is 94.6 Å². The fourth-order valence-corrected chi connectivity index (χ4v) is 5.93. The number of hydrogen-bond donors (Lipinski definition) is 1. The van der Waals surface area contributed by atoms with Crippen molar-refractivity contribution < 1.29 is 31.2 Å². The fourth-order valence-electron chi connectivity index (χ4n) is 4.98. The summed E-state index contributed by atoms with van der Waals surface area (Å²) in [5, 5.41) is 6.73. The van der Waals surface area contributed by atoms with E-state index in [1.165, 1.54) is 19.1 Å². The normalized spacial score (nSPS) is 15.1. The molecule has 0 atom stereocenters. The SMILES string of the molecule is CC(=O)Nc1cccc(C2CCN(Cc3ccc(/C(=N\OCCF)c4ccc(F)c(F)c4)cc3S(C)(=O)=O)CC2)c1. The molecule has 3 aromatic carbocycles. The molecule has 0 spiro atoms. The van der Waals surface area contributed by atoms with Crippen LogP contribution >= 0.6 is 0 Å². The van der Waals surface area contributed by atoms with E-state index in [0.29, 0.717) is 23.6 Å². The van der Waals surface area contributed by atoms with Crippen molar-refractivity contribution in [2.45, 2.75) is 37.1 Å². The molecule has 0 saturated carbocycles. The minimum atomic E-state index is -3.68. The molecule has 1 heterocycles. The fraction of sp³-hybridized carbons (Fsp3) is 0.333. The number of likely N-dealkylation sites (tertiary alicyclic amines) is 1. The molecule has 1 N–H and O–H groups in total. The first-order valence-electron chi connectivity index (χ1n) is 13.2. The summed E-state index contributed by atoms with van der Waals surface area (Å²) in [6.07, 6.45) is 2.85. The Labute approximate surface area is 237 Å². The van der Waals surface area contributed by atoms with E-state index in [1.54, 1.807) is 12.1 Å². The van der Waals surface area contributed by atoms with Crippen LogP contribution in [0.25, 0.3) is 0 Å². The summed E-state index contributed by atoms with van der Waals surface area (Å²) in [5.74, 6) is -1.96. The van der Waals surface area contributed by atoms with Gasteiger partial charge in [-0.25, -0.2) is 21.6 Å². The third kappa shape index (κ3) is 7.95. The standard InChI is InChI=1S/C30H32F3N3O4S/c1-20(37)34-26-5-3-4-22(16-26)21-10-13-36(14-11-21)19-25-7-6-24(18-29(25)41(2,38)39)30(35-40-15-12-31)23-8-9-27(32)28(33)17-23/h3-9,16-18,21H,10-15,19H2,1-2H3,(H,34,37)/b35-30-. The van der Waals surface area contributed by atoms with Crippen molar-refractivity contribution in [1.29, 1.82) is 0 Å². The Morgan fingerprint density at radius 1 is 1.02 bits per heavy atom. The Kier molecular flexibility index (Phi) is 9.82. The van der Waals surface area contributed by atoms with Gasteiger partial charge in [-0.15, -0.1) is 0 Å². The molecule has 1 aliphatic rings. The van der Waals surface area contributed by atoms with E-state index in [9.17, 15) is 26.4 Å². The minimum absolute atomic E-state index is 0.0520. The molecule has 1 amide bonds. The highest BCUT2D eigenvalue weighted by atomic mass is 32.2. The second-order valence-corrected chi connectivity index (χ2v) is 12.0. The maximum absolute atomic E-state index is 14.0. The van der Waals surface area contributed by atoms with Crippen molar-refractivity contribution >= 4 is 27.1 Å². The van der Waals surface area contributed by atoms with Crippen LogP contribution in [0.3, 0.4) is 0 Å². The van der Waals surface area contributed by atoms with Gasteiger partial charge in [-0.1, -0.05) is 29.4 Å². The molecule has 7 nitrogen and oxygen atoms in total. The lowest BCUT2D eigenvalue weighted by molar-refractivity contribution is -0.114. The second-order valence-electron chi connectivity index (χ2n) is 10.0. The number of sulfone groups is 1. The number of nitrogens with one attached hydrogen (secondary N) is 1. The highest BCUT2D eigenvalue weighted by Crippen LogP contribution is 2.31. The lowest BCUT2D eigenvalue weighted by Crippen LogP contribution is -2.33. The molecule has 11 heteroatoms. The highest BCUT2D eigenvalue weighted by molar-refractivity contribution is 7.90. The molecule has 218 valence electrons. The number of rotatable bonds is 10. The maximum Gasteiger partial charge on any atom is 0.221 e. The van der Waals surface area contributed by atoms with Crippen LogP contribution in [0.15, 0.2) is 70.7 Å². The minimum Gasteiger partial charge on any atom is -0.392 e. The van der Waals surface area contributed by atoms with E-state index in [1.807, 2.05) is 18.2 Å². The quantitative estimate of drug-likeness (QED) is 0.194. The van der Waals surface area contributed by atoms with E-state index >= 15 is 0 Å². The Hall–Kier alpha value is -3.70. The Bertz CT molecular complexity index is 1540. The van der Waals surface area contributed by atoms with Crippen LogP contribution in [0.2, 0.25) is 0 Å². The highest BCUT2D eigenvalue weighted by Gasteiger charge is 2.24. The van der Waals surface area contributed by atoms with Crippen LogP contribution in [0.1, 0.15) is 47.9 Å². The number of amides is 1. The largest absolute Gasteiger partial charge is 0.392 e. The number of halogens is 3. The van der Waals surface area contributed by atoms with Crippen LogP contribution in [0.4, 0.5) is 18.9 Å². The first kappa shape index (κ1) is 30.3. The molecule has 1 saturated heterocycles. The van der Waals surface area contributed by atoms with Gasteiger partial charge in [0.25, 0.3) is 0 Å². The van der Waals surface area contributed by atoms with Crippen molar-refractivity contribution in [2.75, 3.05) is 37.9 Å². The topological polar surface area (TPSA) is 88.1 Å². The van der Waals surface area contributed by atoms with Crippen molar-refractivity contribution in [2.24, 2.45) is 5.16 Å². The van der Waals surface area contributed by atoms with Gasteiger partial charge in [0.15, 0.2) is 21.5 Å². The van der Waals surface area contributed by atoms with Gasteiger partial charge in [0.2, 0.25) is 5.91 Å². The molecule has 3 aromatic rings. The third-order valence-corrected chi connectivity index (χ3v) is 8.10. The van der Waals surface area contributed by atoms with Crippen LogP contribution in [0.5, 0.6) is 0 Å². The molecule has 1 fully saturated rings. The van der Waals surface area contributed by atoms with E-state index in [0.717, 1.165) is 55.6 Å². The van der Waals surface area contributed by atoms with Crippen LogP contribution in [-0.4, -0.2) is 57.6 Å². The molecule has 0 aromatic heterocycles. The summed E-state index contributed by atoms with van der Waals surface area (Å²) in [6, 6.07) is 15.7. The zero-order valence-electron chi connectivity index (χ0n) is 22.9. The lowest BCUT2D eigenvalue weighted by atomic mass is 9.89. The first-order chi connectivity index (χ1) is 19.5. The van der Waals surface area contributed by atoms with Crippen LogP contribution in [0, 0.1) is 11.6 Å². The predicted molar refractivity (Wildman–Crippen MR) is 151 cm³/mol. The summed E-state index contributed by atoms with van der Waals surface area (Å²) < 4.78 is 65.9. The van der Waals surface area contributed by atoms with Crippen molar-refractivity contribution in [1.82, 2.24) is 4.90 Å². The van der Waals surface area contributed by atoms with Crippen LogP contribution < -0.4 is 5.32 Å². The number of piperidine rings is 1. The van der Waals surface area contributed by atoms with Gasteiger partial charge in [0.1, 0.15) is 19.0 Å². The van der Waals surface area contributed by atoms with Crippen LogP contribution in [-0.2, 0) is 26.0 Å². The number of anilines is 1. The van der Waals surface area contributed by atoms with Gasteiger partial charge in [-0.3, -0.25) is 9.69 Å². The average Bonchev–Trinajstić information content (AvgIpc) is 2.93. The third-order valence-electron chi connectivity index (χ3n) is 6.92. The number of alkyl halides is 1. The number of benzene rings is 3. The smallest absolute Gasteiger partial charge is 0.221 e. The summed E-state index contributed by atoms with van der Waals surface area (Å²) in [5.41, 5.74) is 3.01. The first-order valence-corrected chi connectivity index (χ1v) is 15.1. The summed E-state index contributed by atoms with van der Waals surface area (Å²) in [4.78, 5) is 18.7. The molecular weight excluding hydrogens is 555 g/mol. The molecule has 4 rings (SSSR count). The Morgan fingerprint density at radius 2 is 1.73 bits per heavy atom. The van der Waals surface area contributed by atoms with E-state index in [4.69, 9.17) is 4.84 Å². The van der Waals surface area contributed by atoms with Gasteiger partial charge in [0.05, 0.1) is 4.90 Å². The predicted octanol–water partition coefficient (Wildman–Crippen LogP) is 5.44. The number of carbonyl (C=O) groups excluding carboxylic acids is 1. The summed E-state index contributed by atoms with van der Waals surface area (Å²) in [7, 11) is -3.68. The summed E-state index contributed by atoms with van der Waals surface area (Å²) >= 11 is 0. The van der Waals surface area contributed by atoms with Gasteiger partial charge < -0.3 is 10.2 Å². The summed E-state index contributed by atoms with van der Waals surface area (Å²) in [6.45, 7) is 2.21. The van der Waals surface area contributed by atoms with Crippen molar-refractivity contribution in [3.8, 4) is 0 Å². The number of carbonyl (C=O) groups is 1. The number of nitrogens with zero attached hydrogens (tertiary/aromatic N) is 2. The van der Waals surface area contributed by atoms with Gasteiger partial charge in [-0.2, -0.15) is 0 Å². The Balaban J connectivity index is 1.55. The molecular formula is C30H32F3N3O4S. The van der Waals surface area contributed by atoms with Gasteiger partial charge in [0, 0.05) is 36.5 Å². The molecule has 1 aliphatic heterocycles. The average molecular weight is 588 g/mol. The number of hydrogen-bond acceptors (Lipinski definition) is 6.